The van der Waals surface area contributed by atoms with Gasteiger partial charge >= 0.3 is 0 Å². The fourth-order valence-electron chi connectivity index (χ4n) is 4.82. The average Bonchev–Trinajstić information content (AvgIpc) is 3.09. The number of rotatable bonds is 4. The maximum absolute atomic E-state index is 13.1. The molecule has 4 nitrogen and oxygen atoms in total. The van der Waals surface area contributed by atoms with Crippen molar-refractivity contribution in [1.29, 1.82) is 0 Å². The number of aromatic nitrogens is 1. The number of amides is 1. The van der Waals surface area contributed by atoms with Gasteiger partial charge in [-0.05, 0) is 38.1 Å². The number of carbonyl (C=O) groups is 1. The summed E-state index contributed by atoms with van der Waals surface area (Å²) in [6.45, 7) is 3.33. The van der Waals surface area contributed by atoms with Crippen LogP contribution in [0.1, 0.15) is 49.8 Å². The number of alkyl halides is 2. The van der Waals surface area contributed by atoms with Crippen molar-refractivity contribution >= 4 is 17.2 Å². The van der Waals surface area contributed by atoms with Crippen LogP contribution in [0.4, 0.5) is 8.78 Å². The fraction of sp³-hybridized carbons (Fsp3) is 0.778. The summed E-state index contributed by atoms with van der Waals surface area (Å²) >= 11 is 1.60. The molecule has 138 valence electrons. The first-order valence-electron chi connectivity index (χ1n) is 9.24. The van der Waals surface area contributed by atoms with Crippen LogP contribution in [-0.2, 0) is 11.3 Å². The lowest BCUT2D eigenvalue weighted by molar-refractivity contribution is -0.132. The molecular formula is C18H25F2N3OS. The van der Waals surface area contributed by atoms with Gasteiger partial charge in [0, 0.05) is 49.0 Å². The number of thiazole rings is 1. The summed E-state index contributed by atoms with van der Waals surface area (Å²) < 4.78 is 26.1. The zero-order chi connectivity index (χ0) is 17.5. The Morgan fingerprint density at radius 3 is 2.80 bits per heavy atom. The molecule has 2 aliphatic heterocycles. The minimum absolute atomic E-state index is 0.0423. The van der Waals surface area contributed by atoms with Crippen LogP contribution in [0.15, 0.2) is 11.7 Å². The topological polar surface area (TPSA) is 36.4 Å². The minimum Gasteiger partial charge on any atom is -0.332 e. The number of hydrogen-bond donors (Lipinski definition) is 0. The van der Waals surface area contributed by atoms with E-state index in [4.69, 9.17) is 0 Å². The van der Waals surface area contributed by atoms with Crippen molar-refractivity contribution in [3.05, 3.63) is 16.6 Å². The molecule has 3 heterocycles. The molecule has 3 aliphatic rings. The second kappa shape index (κ2) is 6.58. The van der Waals surface area contributed by atoms with Crippen molar-refractivity contribution in [3.63, 3.8) is 0 Å². The van der Waals surface area contributed by atoms with Gasteiger partial charge in [-0.1, -0.05) is 0 Å². The second-order valence-electron chi connectivity index (χ2n) is 7.96. The van der Waals surface area contributed by atoms with E-state index >= 15 is 0 Å². The Morgan fingerprint density at radius 1 is 1.24 bits per heavy atom. The molecule has 4 rings (SSSR count). The predicted molar refractivity (Wildman–Crippen MR) is 92.6 cm³/mol. The summed E-state index contributed by atoms with van der Waals surface area (Å²) in [5.41, 5.74) is 1.77. The lowest BCUT2D eigenvalue weighted by Gasteiger charge is -2.39. The molecule has 2 saturated heterocycles. The number of carbonyl (C=O) groups excluding carboxylic acids is 1. The Balaban J connectivity index is 1.39. The lowest BCUT2D eigenvalue weighted by Crippen LogP contribution is -2.46. The molecule has 0 aromatic carbocycles. The van der Waals surface area contributed by atoms with Gasteiger partial charge in [-0.2, -0.15) is 0 Å². The van der Waals surface area contributed by atoms with Crippen molar-refractivity contribution < 1.29 is 13.6 Å². The Morgan fingerprint density at radius 2 is 2.08 bits per heavy atom. The number of hydrogen-bond acceptors (Lipinski definition) is 4. The first-order chi connectivity index (χ1) is 12.0. The largest absolute Gasteiger partial charge is 0.332 e. The summed E-state index contributed by atoms with van der Waals surface area (Å²) in [6.07, 6.45) is 6.53. The zero-order valence-corrected chi connectivity index (χ0v) is 15.2. The molecule has 1 spiro atoms. The molecule has 1 atom stereocenters. The van der Waals surface area contributed by atoms with Crippen LogP contribution in [0.25, 0.3) is 0 Å². The monoisotopic (exact) mass is 369 g/mol. The quantitative estimate of drug-likeness (QED) is 0.815. The zero-order valence-electron chi connectivity index (χ0n) is 14.4. The molecule has 3 fully saturated rings. The first-order valence-corrected chi connectivity index (χ1v) is 10.1. The molecule has 0 unspecified atom stereocenters. The van der Waals surface area contributed by atoms with Gasteiger partial charge in [0.2, 0.25) is 11.8 Å². The van der Waals surface area contributed by atoms with Gasteiger partial charge in [0.05, 0.1) is 12.1 Å². The van der Waals surface area contributed by atoms with Gasteiger partial charge in [-0.3, -0.25) is 9.78 Å². The smallest absolute Gasteiger partial charge is 0.248 e. The van der Waals surface area contributed by atoms with Crippen LogP contribution in [0.5, 0.6) is 0 Å². The molecule has 0 N–H and O–H groups in total. The third-order valence-electron chi connectivity index (χ3n) is 6.18. The van der Waals surface area contributed by atoms with Crippen molar-refractivity contribution in [3.8, 4) is 0 Å². The molecular weight excluding hydrogens is 344 g/mol. The average molecular weight is 369 g/mol. The van der Waals surface area contributed by atoms with Crippen LogP contribution < -0.4 is 0 Å². The Hall–Kier alpha value is -1.08. The second-order valence-corrected chi connectivity index (χ2v) is 8.93. The Labute approximate surface area is 151 Å². The van der Waals surface area contributed by atoms with Gasteiger partial charge in [0.1, 0.15) is 0 Å². The summed E-state index contributed by atoms with van der Waals surface area (Å²) in [5.74, 6) is -2.04. The van der Waals surface area contributed by atoms with Crippen molar-refractivity contribution in [2.75, 3.05) is 19.6 Å². The Kier molecular flexibility index (Phi) is 4.56. The van der Waals surface area contributed by atoms with Crippen molar-refractivity contribution in [2.24, 2.45) is 5.92 Å². The van der Waals surface area contributed by atoms with E-state index in [9.17, 15) is 13.6 Å². The normalized spacial score (nSPS) is 30.6. The number of halogens is 2. The standard InChI is InChI=1S/C18H25F2N3OS/c19-18(20)8-14(9-18)11-22-6-1-3-17(5-7-22)4-2-16(24)23(17)12-15-10-21-13-25-15/h10,13-14H,1-9,11-12H2/t17-/m1/s1. The maximum atomic E-state index is 13.1. The SMILES string of the molecule is O=C1CC[C@@]2(CCCN(CC3CC(F)(F)C3)CC2)N1Cc1cncs1. The summed E-state index contributed by atoms with van der Waals surface area (Å²) in [5, 5.41) is 0. The number of nitrogens with zero attached hydrogens (tertiary/aromatic N) is 3. The summed E-state index contributed by atoms with van der Waals surface area (Å²) in [4.78, 5) is 22.2. The molecule has 7 heteroatoms. The molecule has 1 aliphatic carbocycles. The van der Waals surface area contributed by atoms with Crippen molar-refractivity contribution in [2.45, 2.75) is 63.0 Å². The summed E-state index contributed by atoms with van der Waals surface area (Å²) in [7, 11) is 0. The molecule has 1 aromatic rings. The van der Waals surface area contributed by atoms with E-state index in [1.54, 1.807) is 11.3 Å². The highest BCUT2D eigenvalue weighted by molar-refractivity contribution is 7.09. The minimum atomic E-state index is -2.43. The van der Waals surface area contributed by atoms with Crippen LogP contribution in [-0.4, -0.2) is 51.8 Å². The fourth-order valence-corrected chi connectivity index (χ4v) is 5.40. The van der Waals surface area contributed by atoms with Crippen LogP contribution in [0.3, 0.4) is 0 Å². The van der Waals surface area contributed by atoms with Crippen LogP contribution in [0.2, 0.25) is 0 Å². The van der Waals surface area contributed by atoms with E-state index < -0.39 is 5.92 Å². The third-order valence-corrected chi connectivity index (χ3v) is 6.94. The molecule has 1 amide bonds. The van der Waals surface area contributed by atoms with Crippen LogP contribution in [0, 0.1) is 5.92 Å². The first kappa shape index (κ1) is 17.3. The van der Waals surface area contributed by atoms with Gasteiger partial charge in [-0.15, -0.1) is 11.3 Å². The third kappa shape index (κ3) is 3.58. The van der Waals surface area contributed by atoms with Gasteiger partial charge in [0.15, 0.2) is 0 Å². The van der Waals surface area contributed by atoms with E-state index in [1.807, 2.05) is 11.7 Å². The van der Waals surface area contributed by atoms with E-state index in [0.29, 0.717) is 13.0 Å². The van der Waals surface area contributed by atoms with E-state index in [1.165, 1.54) is 0 Å². The van der Waals surface area contributed by atoms with E-state index in [0.717, 1.165) is 50.2 Å². The van der Waals surface area contributed by atoms with E-state index in [-0.39, 0.29) is 30.2 Å². The van der Waals surface area contributed by atoms with Crippen LogP contribution >= 0.6 is 11.3 Å². The predicted octanol–water partition coefficient (Wildman–Crippen LogP) is 3.54. The van der Waals surface area contributed by atoms with E-state index in [2.05, 4.69) is 14.8 Å². The molecule has 0 radical (unpaired) electrons. The lowest BCUT2D eigenvalue weighted by atomic mass is 9.81. The van der Waals surface area contributed by atoms with Crippen molar-refractivity contribution in [1.82, 2.24) is 14.8 Å². The van der Waals surface area contributed by atoms with Gasteiger partial charge in [0.25, 0.3) is 0 Å². The highest BCUT2D eigenvalue weighted by Crippen LogP contribution is 2.44. The Bertz CT molecular complexity index is 616. The highest BCUT2D eigenvalue weighted by Gasteiger charge is 2.48. The maximum Gasteiger partial charge on any atom is 0.248 e. The highest BCUT2D eigenvalue weighted by atomic mass is 32.1. The molecule has 0 bridgehead atoms. The molecule has 1 saturated carbocycles. The summed E-state index contributed by atoms with van der Waals surface area (Å²) in [6, 6.07) is 0. The molecule has 25 heavy (non-hydrogen) atoms. The molecule has 1 aromatic heterocycles. The van der Waals surface area contributed by atoms with Gasteiger partial charge < -0.3 is 9.80 Å². The van der Waals surface area contributed by atoms with Gasteiger partial charge in [-0.25, -0.2) is 8.78 Å². The number of likely N-dealkylation sites (tertiary alicyclic amines) is 2.